The monoisotopic (exact) mass is 393 g/mol. The molecular weight excluding hydrogens is 370 g/mol. The van der Waals surface area contributed by atoms with Crippen LogP contribution in [0.1, 0.15) is 12.8 Å². The first-order chi connectivity index (χ1) is 13.5. The van der Waals surface area contributed by atoms with E-state index in [1.807, 2.05) is 0 Å². The van der Waals surface area contributed by atoms with Crippen molar-refractivity contribution in [1.29, 1.82) is 0 Å². The predicted molar refractivity (Wildman–Crippen MR) is 97.9 cm³/mol. The summed E-state index contributed by atoms with van der Waals surface area (Å²) in [5.74, 6) is 0.972. The Hall–Kier alpha value is -3.17. The number of likely N-dealkylation sites (tertiary alicyclic amines) is 1. The van der Waals surface area contributed by atoms with Gasteiger partial charge in [-0.25, -0.2) is 14.5 Å². The number of urea groups is 1. The highest BCUT2D eigenvalue weighted by Crippen LogP contribution is 2.40. The Morgan fingerprint density at radius 2 is 1.68 bits per heavy atom. The average molecular weight is 393 g/mol. The summed E-state index contributed by atoms with van der Waals surface area (Å²) in [4.78, 5) is 38.8. The molecule has 0 spiro atoms. The van der Waals surface area contributed by atoms with Crippen LogP contribution in [0.2, 0.25) is 0 Å². The van der Waals surface area contributed by atoms with Gasteiger partial charge in [-0.1, -0.05) is 0 Å². The second-order valence-corrected chi connectivity index (χ2v) is 6.38. The summed E-state index contributed by atoms with van der Waals surface area (Å²) in [5.41, 5.74) is 0.500. The molecule has 0 aromatic heterocycles. The summed E-state index contributed by atoms with van der Waals surface area (Å²) >= 11 is 0. The van der Waals surface area contributed by atoms with Crippen LogP contribution in [0.4, 0.5) is 15.3 Å². The van der Waals surface area contributed by atoms with Crippen LogP contribution in [0.3, 0.4) is 0 Å². The van der Waals surface area contributed by atoms with Gasteiger partial charge in [-0.05, 0) is 12.8 Å². The van der Waals surface area contributed by atoms with Crippen molar-refractivity contribution >= 4 is 23.7 Å². The molecule has 3 rings (SSSR count). The van der Waals surface area contributed by atoms with Crippen LogP contribution in [0.5, 0.6) is 17.2 Å². The first-order valence-electron chi connectivity index (χ1n) is 8.83. The van der Waals surface area contributed by atoms with E-state index in [1.165, 1.54) is 21.3 Å². The largest absolute Gasteiger partial charge is 0.493 e. The van der Waals surface area contributed by atoms with Crippen molar-refractivity contribution < 1.29 is 33.3 Å². The lowest BCUT2D eigenvalue weighted by Crippen LogP contribution is -2.49. The molecule has 0 bridgehead atoms. The number of nitrogens with one attached hydrogen (secondary N) is 1. The van der Waals surface area contributed by atoms with Crippen LogP contribution < -0.4 is 19.5 Å². The van der Waals surface area contributed by atoms with Crippen LogP contribution in [0, 0.1) is 0 Å². The summed E-state index contributed by atoms with van der Waals surface area (Å²) in [6.07, 6.45) is 0.401. The van der Waals surface area contributed by atoms with Gasteiger partial charge in [0.2, 0.25) is 5.75 Å². The van der Waals surface area contributed by atoms with E-state index in [0.717, 1.165) is 4.90 Å². The first-order valence-corrected chi connectivity index (χ1v) is 8.83. The van der Waals surface area contributed by atoms with Gasteiger partial charge in [0.25, 0.3) is 5.91 Å². The van der Waals surface area contributed by atoms with Gasteiger partial charge in [-0.3, -0.25) is 4.79 Å². The minimum atomic E-state index is -0.606. The minimum Gasteiger partial charge on any atom is -0.493 e. The highest BCUT2D eigenvalue weighted by Gasteiger charge is 2.39. The number of cyclic esters (lactones) is 1. The Morgan fingerprint density at radius 3 is 2.14 bits per heavy atom. The maximum Gasteiger partial charge on any atom is 0.417 e. The van der Waals surface area contributed by atoms with E-state index in [9.17, 15) is 14.4 Å². The van der Waals surface area contributed by atoms with Gasteiger partial charge in [-0.2, -0.15) is 0 Å². The zero-order valence-corrected chi connectivity index (χ0v) is 16.0. The molecule has 2 aliphatic rings. The Balaban J connectivity index is 1.63. The fourth-order valence-corrected chi connectivity index (χ4v) is 3.40. The van der Waals surface area contributed by atoms with Crippen molar-refractivity contribution in [2.24, 2.45) is 0 Å². The topological polar surface area (TPSA) is 107 Å². The van der Waals surface area contributed by atoms with Crippen molar-refractivity contribution in [3.05, 3.63) is 12.1 Å². The van der Waals surface area contributed by atoms with Gasteiger partial charge in [0.1, 0.15) is 0 Å². The number of methoxy groups -OCH3 is 3. The molecule has 2 fully saturated rings. The normalized spacial score (nSPS) is 17.4. The molecule has 0 unspecified atom stereocenters. The van der Waals surface area contributed by atoms with E-state index in [-0.39, 0.29) is 24.6 Å². The molecule has 0 saturated carbocycles. The Labute approximate surface area is 162 Å². The lowest BCUT2D eigenvalue weighted by atomic mass is 10.0. The van der Waals surface area contributed by atoms with Crippen molar-refractivity contribution in [2.45, 2.75) is 18.9 Å². The Bertz CT molecular complexity index is 733. The number of benzene rings is 1. The predicted octanol–water partition coefficient (Wildman–Crippen LogP) is 1.69. The number of nitrogens with zero attached hydrogens (tertiary/aromatic N) is 2. The molecule has 152 valence electrons. The SMILES string of the molecule is COc1cc(NC(=O)N2CCC(N3C(=O)COC3=O)CC2)cc(OC)c1OC. The molecule has 28 heavy (non-hydrogen) atoms. The maximum absolute atomic E-state index is 12.6. The molecule has 10 nitrogen and oxygen atoms in total. The van der Waals surface area contributed by atoms with Crippen LogP contribution in [0.15, 0.2) is 12.1 Å². The molecule has 1 aromatic carbocycles. The Morgan fingerprint density at radius 1 is 1.07 bits per heavy atom. The summed E-state index contributed by atoms with van der Waals surface area (Å²) in [6, 6.07) is 2.76. The van der Waals surface area contributed by atoms with E-state index in [1.54, 1.807) is 17.0 Å². The van der Waals surface area contributed by atoms with E-state index >= 15 is 0 Å². The lowest BCUT2D eigenvalue weighted by molar-refractivity contribution is -0.127. The molecule has 10 heteroatoms. The standard InChI is InChI=1S/C18H23N3O7/c1-25-13-8-11(9-14(26-2)16(13)27-3)19-17(23)20-6-4-12(5-7-20)21-15(22)10-28-18(21)24/h8-9,12H,4-7,10H2,1-3H3,(H,19,23). The molecule has 1 N–H and O–H groups in total. The fraction of sp³-hybridized carbons (Fsp3) is 0.500. The van der Waals surface area contributed by atoms with E-state index in [4.69, 9.17) is 18.9 Å². The third-order valence-corrected chi connectivity index (χ3v) is 4.82. The summed E-state index contributed by atoms with van der Waals surface area (Å²) in [7, 11) is 4.50. The number of amides is 4. The second kappa shape index (κ2) is 8.24. The number of carbonyl (C=O) groups excluding carboxylic acids is 3. The van der Waals surface area contributed by atoms with E-state index in [2.05, 4.69) is 5.32 Å². The molecule has 0 aliphatic carbocycles. The summed E-state index contributed by atoms with van der Waals surface area (Å²) in [5, 5.41) is 2.81. The van der Waals surface area contributed by atoms with Crippen LogP contribution in [-0.4, -0.2) is 74.9 Å². The number of rotatable bonds is 5. The number of carbonyl (C=O) groups is 3. The lowest BCUT2D eigenvalue weighted by Gasteiger charge is -2.34. The molecular formula is C18H23N3O7. The number of hydrogen-bond acceptors (Lipinski definition) is 7. The van der Waals surface area contributed by atoms with Gasteiger partial charge in [0.15, 0.2) is 18.1 Å². The zero-order chi connectivity index (χ0) is 20.3. The molecule has 2 aliphatic heterocycles. The molecule has 2 heterocycles. The highest BCUT2D eigenvalue weighted by atomic mass is 16.6. The van der Waals surface area contributed by atoms with Crippen molar-refractivity contribution in [3.63, 3.8) is 0 Å². The maximum atomic E-state index is 12.6. The number of ether oxygens (including phenoxy) is 4. The van der Waals surface area contributed by atoms with Gasteiger partial charge < -0.3 is 29.2 Å². The first kappa shape index (κ1) is 19.6. The van der Waals surface area contributed by atoms with Gasteiger partial charge >= 0.3 is 12.1 Å². The van der Waals surface area contributed by atoms with Crippen molar-refractivity contribution in [2.75, 3.05) is 46.3 Å². The van der Waals surface area contributed by atoms with Gasteiger partial charge in [-0.15, -0.1) is 0 Å². The molecule has 0 radical (unpaired) electrons. The summed E-state index contributed by atoms with van der Waals surface area (Å²) in [6.45, 7) is 0.622. The van der Waals surface area contributed by atoms with Crippen molar-refractivity contribution in [1.82, 2.24) is 9.80 Å². The second-order valence-electron chi connectivity index (χ2n) is 6.38. The van der Waals surface area contributed by atoms with Crippen LogP contribution in [0.25, 0.3) is 0 Å². The number of hydrogen-bond donors (Lipinski definition) is 1. The molecule has 1 aromatic rings. The number of anilines is 1. The van der Waals surface area contributed by atoms with Crippen LogP contribution >= 0.6 is 0 Å². The molecule has 4 amide bonds. The fourth-order valence-electron chi connectivity index (χ4n) is 3.40. The van der Waals surface area contributed by atoms with E-state index < -0.39 is 6.09 Å². The zero-order valence-electron chi connectivity index (χ0n) is 16.0. The van der Waals surface area contributed by atoms with Crippen LogP contribution in [-0.2, 0) is 9.53 Å². The average Bonchev–Trinajstić information content (AvgIpc) is 3.05. The third kappa shape index (κ3) is 3.75. The third-order valence-electron chi connectivity index (χ3n) is 4.82. The summed E-state index contributed by atoms with van der Waals surface area (Å²) < 4.78 is 20.6. The van der Waals surface area contributed by atoms with Crippen molar-refractivity contribution in [3.8, 4) is 17.2 Å². The molecule has 0 atom stereocenters. The Kier molecular flexibility index (Phi) is 5.76. The molecule has 2 saturated heterocycles. The minimum absolute atomic E-state index is 0.208. The number of imide groups is 1. The van der Waals surface area contributed by atoms with E-state index in [0.29, 0.717) is 48.9 Å². The smallest absolute Gasteiger partial charge is 0.417 e. The van der Waals surface area contributed by atoms with Gasteiger partial charge in [0.05, 0.1) is 27.0 Å². The highest BCUT2D eigenvalue weighted by molar-refractivity contribution is 5.98. The quantitative estimate of drug-likeness (QED) is 0.811. The van der Waals surface area contributed by atoms with Gasteiger partial charge in [0, 0.05) is 31.3 Å². The number of piperidine rings is 1.